The zero-order valence-electron chi connectivity index (χ0n) is 14.6. The lowest BCUT2D eigenvalue weighted by atomic mass is 10.0. The zero-order valence-corrected chi connectivity index (χ0v) is 15.4. The van der Waals surface area contributed by atoms with Crippen LogP contribution in [0.15, 0.2) is 48.6 Å². The molecule has 0 saturated heterocycles. The lowest BCUT2D eigenvalue weighted by molar-refractivity contribution is -0.142. The maximum absolute atomic E-state index is 13.4. The first kappa shape index (κ1) is 17.0. The molecular formula is C19H20N2O4S. The minimum Gasteiger partial charge on any atom is -0.469 e. The summed E-state index contributed by atoms with van der Waals surface area (Å²) in [5, 5.41) is 5.24. The molecule has 0 radical (unpaired) electrons. The molecule has 1 aromatic carbocycles. The van der Waals surface area contributed by atoms with Gasteiger partial charge in [-0.15, -0.1) is 0 Å². The van der Waals surface area contributed by atoms with Crippen molar-refractivity contribution in [3.8, 4) is 0 Å². The van der Waals surface area contributed by atoms with Crippen LogP contribution in [0.3, 0.4) is 0 Å². The maximum atomic E-state index is 13.4. The van der Waals surface area contributed by atoms with Gasteiger partial charge < -0.3 is 4.74 Å². The Balaban J connectivity index is 1.84. The number of ether oxygens (including phenoxy) is 1. The highest BCUT2D eigenvalue weighted by molar-refractivity contribution is 7.91. The summed E-state index contributed by atoms with van der Waals surface area (Å²) in [6.07, 6.45) is 8.17. The van der Waals surface area contributed by atoms with Crippen LogP contribution in [0.4, 0.5) is 0 Å². The highest BCUT2D eigenvalue weighted by atomic mass is 32.2. The Bertz CT molecular complexity index is 1050. The van der Waals surface area contributed by atoms with Crippen LogP contribution < -0.4 is 0 Å². The van der Waals surface area contributed by atoms with E-state index in [1.807, 2.05) is 24.3 Å². The summed E-state index contributed by atoms with van der Waals surface area (Å²) in [6, 6.07) is 7.26. The van der Waals surface area contributed by atoms with Crippen molar-refractivity contribution < 1.29 is 17.9 Å². The van der Waals surface area contributed by atoms with Gasteiger partial charge in [0.1, 0.15) is 4.75 Å². The first-order valence-corrected chi connectivity index (χ1v) is 9.98. The number of aromatic nitrogens is 2. The van der Waals surface area contributed by atoms with Gasteiger partial charge in [-0.2, -0.15) is 9.19 Å². The van der Waals surface area contributed by atoms with Gasteiger partial charge in [-0.3, -0.25) is 4.79 Å². The van der Waals surface area contributed by atoms with Crippen molar-refractivity contribution in [1.29, 1.82) is 0 Å². The van der Waals surface area contributed by atoms with E-state index in [1.54, 1.807) is 31.2 Å². The molecule has 6 nitrogen and oxygen atoms in total. The molecule has 0 spiro atoms. The highest BCUT2D eigenvalue weighted by Gasteiger charge is 2.48. The average Bonchev–Trinajstić information content (AvgIpc) is 3.34. The van der Waals surface area contributed by atoms with E-state index in [4.69, 9.17) is 4.74 Å². The second kappa shape index (κ2) is 5.81. The molecule has 7 heteroatoms. The Hall–Kier alpha value is -2.41. The van der Waals surface area contributed by atoms with Crippen molar-refractivity contribution in [2.75, 3.05) is 7.11 Å². The number of fused-ring (bicyclic) bond motifs is 1. The van der Waals surface area contributed by atoms with Gasteiger partial charge in [0, 0.05) is 11.3 Å². The number of hydrogen-bond acceptors (Lipinski definition) is 5. The SMILES string of the molecule is COC(=O)[C@@H]1C[C@H]1c1nn(S(=O)(=O)C2(C)C=CC=CC2)c2ccccc12. The molecule has 3 atom stereocenters. The molecule has 0 amide bonds. The number of para-hydroxylation sites is 1. The number of allylic oxidation sites excluding steroid dienone is 3. The molecule has 26 heavy (non-hydrogen) atoms. The van der Waals surface area contributed by atoms with E-state index in [0.717, 1.165) is 9.47 Å². The fourth-order valence-electron chi connectivity index (χ4n) is 3.53. The molecule has 0 aliphatic heterocycles. The zero-order chi connectivity index (χ0) is 18.5. The molecule has 4 rings (SSSR count). The third-order valence-electron chi connectivity index (χ3n) is 5.27. The van der Waals surface area contributed by atoms with Crippen LogP contribution in [0.1, 0.15) is 31.4 Å². The molecule has 1 heterocycles. The Kier molecular flexibility index (Phi) is 3.80. The molecule has 1 fully saturated rings. The van der Waals surface area contributed by atoms with E-state index in [9.17, 15) is 13.2 Å². The number of carbonyl (C=O) groups excluding carboxylic acids is 1. The van der Waals surface area contributed by atoms with Gasteiger partial charge in [-0.05, 0) is 25.8 Å². The van der Waals surface area contributed by atoms with Crippen molar-refractivity contribution in [3.05, 3.63) is 54.3 Å². The van der Waals surface area contributed by atoms with E-state index < -0.39 is 14.8 Å². The van der Waals surface area contributed by atoms with Crippen LogP contribution in [0.5, 0.6) is 0 Å². The van der Waals surface area contributed by atoms with Crippen molar-refractivity contribution >= 4 is 26.9 Å². The third kappa shape index (κ3) is 2.41. The minimum absolute atomic E-state index is 0.0987. The number of carbonyl (C=O) groups is 1. The predicted molar refractivity (Wildman–Crippen MR) is 98.2 cm³/mol. The second-order valence-electron chi connectivity index (χ2n) is 7.03. The van der Waals surface area contributed by atoms with Crippen molar-refractivity contribution in [1.82, 2.24) is 9.19 Å². The standard InChI is InChI=1S/C19H20N2O4S/c1-19(10-6-3-7-11-19)26(23,24)21-16-9-5-4-8-13(16)17(20-21)14-12-15(14)18(22)25-2/h3-10,14-15H,11-12H2,1-2H3/t14-,15-,19?/m1/s1. The number of methoxy groups -OCH3 is 1. The highest BCUT2D eigenvalue weighted by Crippen LogP contribution is 2.50. The molecule has 1 aromatic heterocycles. The smallest absolute Gasteiger partial charge is 0.309 e. The van der Waals surface area contributed by atoms with E-state index in [1.165, 1.54) is 7.11 Å². The Morgan fingerprint density at radius 3 is 2.77 bits per heavy atom. The quantitative estimate of drug-likeness (QED) is 0.771. The van der Waals surface area contributed by atoms with Crippen LogP contribution in [0, 0.1) is 5.92 Å². The maximum Gasteiger partial charge on any atom is 0.309 e. The molecule has 136 valence electrons. The van der Waals surface area contributed by atoms with Gasteiger partial charge in [0.15, 0.2) is 0 Å². The number of nitrogens with zero attached hydrogens (tertiary/aromatic N) is 2. The molecule has 2 aromatic rings. The summed E-state index contributed by atoms with van der Waals surface area (Å²) in [4.78, 5) is 11.8. The summed E-state index contributed by atoms with van der Waals surface area (Å²) < 4.78 is 31.7. The number of hydrogen-bond donors (Lipinski definition) is 0. The van der Waals surface area contributed by atoms with Crippen LogP contribution in [0.2, 0.25) is 0 Å². The van der Waals surface area contributed by atoms with E-state index in [0.29, 0.717) is 24.1 Å². The molecule has 0 bridgehead atoms. The second-order valence-corrected chi connectivity index (χ2v) is 9.25. The van der Waals surface area contributed by atoms with Crippen LogP contribution in [-0.4, -0.2) is 35.4 Å². The summed E-state index contributed by atoms with van der Waals surface area (Å²) >= 11 is 0. The Morgan fingerprint density at radius 2 is 2.08 bits per heavy atom. The van der Waals surface area contributed by atoms with Crippen molar-refractivity contribution in [3.63, 3.8) is 0 Å². The normalized spacial score (nSPS) is 27.6. The average molecular weight is 372 g/mol. The number of rotatable bonds is 4. The number of esters is 1. The van der Waals surface area contributed by atoms with Crippen molar-refractivity contribution in [2.24, 2.45) is 5.92 Å². The summed E-state index contributed by atoms with van der Waals surface area (Å²) in [5.41, 5.74) is 1.20. The van der Waals surface area contributed by atoms with Gasteiger partial charge in [0.25, 0.3) is 10.0 Å². The monoisotopic (exact) mass is 372 g/mol. The molecule has 1 unspecified atom stereocenters. The van der Waals surface area contributed by atoms with E-state index in [2.05, 4.69) is 5.10 Å². The Labute approximate surface area is 152 Å². The van der Waals surface area contributed by atoms with Gasteiger partial charge in [-0.1, -0.05) is 42.5 Å². The third-order valence-corrected chi connectivity index (χ3v) is 7.48. The molecule has 1 saturated carbocycles. The lowest BCUT2D eigenvalue weighted by Gasteiger charge is -2.26. The topological polar surface area (TPSA) is 78.3 Å². The fraction of sp³-hybridized carbons (Fsp3) is 0.368. The first-order chi connectivity index (χ1) is 12.4. The minimum atomic E-state index is -3.77. The molecule has 2 aliphatic rings. The van der Waals surface area contributed by atoms with Gasteiger partial charge in [-0.25, -0.2) is 8.42 Å². The molecular weight excluding hydrogens is 352 g/mol. The van der Waals surface area contributed by atoms with Crippen LogP contribution >= 0.6 is 0 Å². The number of benzene rings is 1. The van der Waals surface area contributed by atoms with Gasteiger partial charge in [0.2, 0.25) is 0 Å². The lowest BCUT2D eigenvalue weighted by Crippen LogP contribution is -2.38. The first-order valence-electron chi connectivity index (χ1n) is 8.54. The predicted octanol–water partition coefficient (Wildman–Crippen LogP) is 2.77. The summed E-state index contributed by atoms with van der Waals surface area (Å²) in [7, 11) is -2.40. The fourth-order valence-corrected chi connectivity index (χ4v) is 5.09. The van der Waals surface area contributed by atoms with Gasteiger partial charge in [0.05, 0.1) is 24.2 Å². The van der Waals surface area contributed by atoms with E-state index in [-0.39, 0.29) is 17.8 Å². The van der Waals surface area contributed by atoms with E-state index >= 15 is 0 Å². The van der Waals surface area contributed by atoms with Gasteiger partial charge >= 0.3 is 5.97 Å². The van der Waals surface area contributed by atoms with Crippen LogP contribution in [0.25, 0.3) is 10.9 Å². The van der Waals surface area contributed by atoms with Crippen LogP contribution in [-0.2, 0) is 19.6 Å². The molecule has 0 N–H and O–H groups in total. The summed E-state index contributed by atoms with van der Waals surface area (Å²) in [6.45, 7) is 1.70. The summed E-state index contributed by atoms with van der Waals surface area (Å²) in [5.74, 6) is -0.621. The Morgan fingerprint density at radius 1 is 1.31 bits per heavy atom. The largest absolute Gasteiger partial charge is 0.469 e. The van der Waals surface area contributed by atoms with Crippen molar-refractivity contribution in [2.45, 2.75) is 30.4 Å². The molecule has 2 aliphatic carbocycles.